The summed E-state index contributed by atoms with van der Waals surface area (Å²) in [6.45, 7) is 6.66. The molecule has 0 unspecified atom stereocenters. The van der Waals surface area contributed by atoms with E-state index in [1.807, 2.05) is 34.2 Å². The lowest BCUT2D eigenvalue weighted by atomic mass is 9.86. The molecule has 0 spiro atoms. The summed E-state index contributed by atoms with van der Waals surface area (Å²) in [5, 5.41) is 0. The molecular weight excluding hydrogens is 248 g/mol. The van der Waals surface area contributed by atoms with Gasteiger partial charge in [-0.2, -0.15) is 0 Å². The summed E-state index contributed by atoms with van der Waals surface area (Å²) in [4.78, 5) is 8.25. The van der Waals surface area contributed by atoms with Crippen molar-refractivity contribution in [2.45, 2.75) is 26.2 Å². The van der Waals surface area contributed by atoms with Crippen molar-refractivity contribution in [1.82, 2.24) is 19.1 Å². The Bertz CT molecular complexity index is 636. The largest absolute Gasteiger partial charge is 0.306 e. The highest BCUT2D eigenvalue weighted by Gasteiger charge is 2.16. The monoisotopic (exact) mass is 266 g/mol. The van der Waals surface area contributed by atoms with Crippen molar-refractivity contribution < 1.29 is 0 Å². The zero-order valence-corrected chi connectivity index (χ0v) is 12.0. The van der Waals surface area contributed by atoms with Gasteiger partial charge in [0.2, 0.25) is 0 Å². The van der Waals surface area contributed by atoms with Crippen molar-refractivity contribution in [1.29, 1.82) is 0 Å². The first-order valence-corrected chi connectivity index (χ1v) is 6.66. The summed E-state index contributed by atoms with van der Waals surface area (Å²) in [7, 11) is 0. The normalized spacial score (nSPS) is 11.8. The van der Waals surface area contributed by atoms with Crippen LogP contribution in [-0.2, 0) is 5.41 Å². The van der Waals surface area contributed by atoms with E-state index in [1.54, 1.807) is 12.4 Å². The number of rotatable bonds is 2. The van der Waals surface area contributed by atoms with Crippen molar-refractivity contribution in [3.05, 3.63) is 61.2 Å². The van der Waals surface area contributed by atoms with E-state index in [2.05, 4.69) is 48.9 Å². The number of nitrogens with zero attached hydrogens (tertiary/aromatic N) is 4. The molecule has 0 aliphatic carbocycles. The highest BCUT2D eigenvalue weighted by Crippen LogP contribution is 2.27. The molecule has 2 heterocycles. The Morgan fingerprint density at radius 3 is 1.65 bits per heavy atom. The molecule has 20 heavy (non-hydrogen) atoms. The van der Waals surface area contributed by atoms with E-state index in [-0.39, 0.29) is 5.41 Å². The minimum atomic E-state index is 0.0892. The van der Waals surface area contributed by atoms with E-state index in [1.165, 1.54) is 5.56 Å². The second-order valence-electron chi connectivity index (χ2n) is 5.93. The maximum Gasteiger partial charge on any atom is 0.0991 e. The lowest BCUT2D eigenvalue weighted by Gasteiger charge is -2.21. The number of benzene rings is 1. The molecule has 0 aliphatic heterocycles. The fraction of sp³-hybridized carbons (Fsp3) is 0.250. The lowest BCUT2D eigenvalue weighted by molar-refractivity contribution is 0.589. The quantitative estimate of drug-likeness (QED) is 0.713. The predicted octanol–water partition coefficient (Wildman–Crippen LogP) is 3.36. The van der Waals surface area contributed by atoms with E-state index >= 15 is 0 Å². The van der Waals surface area contributed by atoms with Gasteiger partial charge in [-0.15, -0.1) is 0 Å². The maximum absolute atomic E-state index is 4.13. The van der Waals surface area contributed by atoms with Gasteiger partial charge in [-0.25, -0.2) is 9.97 Å². The molecule has 0 saturated carbocycles. The van der Waals surface area contributed by atoms with Crippen molar-refractivity contribution in [2.75, 3.05) is 0 Å². The molecule has 0 bridgehead atoms. The number of hydrogen-bond acceptors (Lipinski definition) is 2. The van der Waals surface area contributed by atoms with Gasteiger partial charge in [0.25, 0.3) is 0 Å². The van der Waals surface area contributed by atoms with Gasteiger partial charge in [0.15, 0.2) is 0 Å². The van der Waals surface area contributed by atoms with E-state index in [9.17, 15) is 0 Å². The fourth-order valence-corrected chi connectivity index (χ4v) is 2.15. The Morgan fingerprint density at radius 2 is 1.30 bits per heavy atom. The molecule has 0 N–H and O–H groups in total. The average molecular weight is 266 g/mol. The molecule has 0 aliphatic rings. The average Bonchev–Trinajstić information content (AvgIpc) is 3.10. The first-order valence-electron chi connectivity index (χ1n) is 6.66. The molecule has 102 valence electrons. The van der Waals surface area contributed by atoms with Gasteiger partial charge < -0.3 is 9.13 Å². The van der Waals surface area contributed by atoms with Crippen LogP contribution < -0.4 is 0 Å². The maximum atomic E-state index is 4.13. The van der Waals surface area contributed by atoms with E-state index < -0.39 is 0 Å². The zero-order chi connectivity index (χ0) is 14.2. The minimum Gasteiger partial charge on any atom is -0.306 e. The number of imidazole rings is 2. The first kappa shape index (κ1) is 12.7. The van der Waals surface area contributed by atoms with Gasteiger partial charge in [-0.3, -0.25) is 0 Å². The Hall–Kier alpha value is -2.36. The van der Waals surface area contributed by atoms with Crippen molar-refractivity contribution in [3.8, 4) is 11.4 Å². The summed E-state index contributed by atoms with van der Waals surface area (Å²) in [5.41, 5.74) is 3.59. The summed E-state index contributed by atoms with van der Waals surface area (Å²) >= 11 is 0. The Morgan fingerprint density at radius 1 is 0.800 bits per heavy atom. The van der Waals surface area contributed by atoms with Crippen LogP contribution in [0.4, 0.5) is 0 Å². The SMILES string of the molecule is CC(C)(C)c1cc(-n2ccnc2)cc(-n2ccnc2)c1. The third-order valence-electron chi connectivity index (χ3n) is 3.37. The molecule has 2 aromatic heterocycles. The van der Waals surface area contributed by atoms with Gasteiger partial charge in [0.05, 0.1) is 12.7 Å². The van der Waals surface area contributed by atoms with Gasteiger partial charge in [-0.05, 0) is 29.2 Å². The Balaban J connectivity index is 2.19. The first-order chi connectivity index (χ1) is 9.54. The summed E-state index contributed by atoms with van der Waals surface area (Å²) in [6, 6.07) is 6.56. The van der Waals surface area contributed by atoms with Crippen molar-refractivity contribution in [2.24, 2.45) is 0 Å². The topological polar surface area (TPSA) is 35.6 Å². The van der Waals surface area contributed by atoms with Crippen LogP contribution in [0.3, 0.4) is 0 Å². The third kappa shape index (κ3) is 2.37. The molecule has 0 fully saturated rings. The second-order valence-corrected chi connectivity index (χ2v) is 5.93. The van der Waals surface area contributed by atoms with Gasteiger partial charge in [0, 0.05) is 36.2 Å². The van der Waals surface area contributed by atoms with Crippen LogP contribution in [-0.4, -0.2) is 19.1 Å². The standard InChI is InChI=1S/C16H18N4/c1-16(2,3)13-8-14(19-6-4-17-11-19)10-15(9-13)20-7-5-18-12-20/h4-12H,1-3H3. The van der Waals surface area contributed by atoms with Crippen LogP contribution in [0.1, 0.15) is 26.3 Å². The van der Waals surface area contributed by atoms with Crippen LogP contribution in [0.15, 0.2) is 55.6 Å². The van der Waals surface area contributed by atoms with Crippen molar-refractivity contribution in [3.63, 3.8) is 0 Å². The summed E-state index contributed by atoms with van der Waals surface area (Å²) in [6.07, 6.45) is 11.1. The predicted molar refractivity (Wildman–Crippen MR) is 79.4 cm³/mol. The molecular formula is C16H18N4. The molecule has 4 nitrogen and oxygen atoms in total. The highest BCUT2D eigenvalue weighted by molar-refractivity contribution is 5.49. The van der Waals surface area contributed by atoms with E-state index in [0.717, 1.165) is 11.4 Å². The van der Waals surface area contributed by atoms with E-state index in [4.69, 9.17) is 0 Å². The third-order valence-corrected chi connectivity index (χ3v) is 3.37. The molecule has 3 rings (SSSR count). The molecule has 1 aromatic carbocycles. The van der Waals surface area contributed by atoms with Gasteiger partial charge in [-0.1, -0.05) is 20.8 Å². The molecule has 3 aromatic rings. The Labute approximate surface area is 118 Å². The summed E-state index contributed by atoms with van der Waals surface area (Å²) in [5.74, 6) is 0. The Kier molecular flexibility index (Phi) is 2.93. The van der Waals surface area contributed by atoms with Crippen LogP contribution in [0.25, 0.3) is 11.4 Å². The van der Waals surface area contributed by atoms with Crippen LogP contribution in [0, 0.1) is 0 Å². The zero-order valence-electron chi connectivity index (χ0n) is 12.0. The van der Waals surface area contributed by atoms with Crippen LogP contribution >= 0.6 is 0 Å². The number of aromatic nitrogens is 4. The fourth-order valence-electron chi connectivity index (χ4n) is 2.15. The molecule has 4 heteroatoms. The minimum absolute atomic E-state index is 0.0892. The second kappa shape index (κ2) is 4.63. The lowest BCUT2D eigenvalue weighted by Crippen LogP contribution is -2.12. The molecule has 0 saturated heterocycles. The number of hydrogen-bond donors (Lipinski definition) is 0. The summed E-state index contributed by atoms with van der Waals surface area (Å²) < 4.78 is 4.05. The highest BCUT2D eigenvalue weighted by atomic mass is 15.0. The van der Waals surface area contributed by atoms with Gasteiger partial charge in [0.1, 0.15) is 0 Å². The van der Waals surface area contributed by atoms with Crippen LogP contribution in [0.5, 0.6) is 0 Å². The molecule has 0 atom stereocenters. The van der Waals surface area contributed by atoms with Crippen LogP contribution in [0.2, 0.25) is 0 Å². The molecule has 0 amide bonds. The van der Waals surface area contributed by atoms with E-state index in [0.29, 0.717) is 0 Å². The smallest absolute Gasteiger partial charge is 0.0991 e. The van der Waals surface area contributed by atoms with Gasteiger partial charge >= 0.3 is 0 Å². The van der Waals surface area contributed by atoms with Crippen molar-refractivity contribution >= 4 is 0 Å². The molecule has 0 radical (unpaired) electrons.